The average molecular weight is 279 g/mol. The van der Waals surface area contributed by atoms with Crippen molar-refractivity contribution in [3.63, 3.8) is 0 Å². The topological polar surface area (TPSA) is 80.3 Å². The van der Waals surface area contributed by atoms with E-state index in [9.17, 15) is 0 Å². The van der Waals surface area contributed by atoms with Gasteiger partial charge in [0.25, 0.3) is 0 Å². The van der Waals surface area contributed by atoms with Crippen molar-refractivity contribution in [1.29, 1.82) is 0 Å². The first-order valence-electron chi connectivity index (χ1n) is 0.667. The van der Waals surface area contributed by atoms with Crippen LogP contribution in [0.4, 0.5) is 0 Å². The van der Waals surface area contributed by atoms with Crippen LogP contribution >= 0.6 is 0 Å². The van der Waals surface area contributed by atoms with E-state index in [0.717, 1.165) is 0 Å². The summed E-state index contributed by atoms with van der Waals surface area (Å²) in [7, 11) is -5.17. The summed E-state index contributed by atoms with van der Waals surface area (Å²) in [6.45, 7) is 0. The van der Waals surface area contributed by atoms with Crippen LogP contribution in [0.25, 0.3) is 0 Å². The zero-order chi connectivity index (χ0) is 4.50. The van der Waals surface area contributed by atoms with Gasteiger partial charge in [0.1, 0.15) is 0 Å². The van der Waals surface area contributed by atoms with Gasteiger partial charge in [-0.3, -0.25) is 8.42 Å². The van der Waals surface area contributed by atoms with Crippen LogP contribution in [-0.4, -0.2) is 40.6 Å². The van der Waals surface area contributed by atoms with Crippen LogP contribution in [0.2, 0.25) is 0 Å². The van der Waals surface area contributed by atoms with Crippen LogP contribution in [0.1, 0.15) is 0 Å². The minimum Gasteiger partial charge on any atom is -0.759 e. The predicted octanol–water partition coefficient (Wildman–Crippen LogP) is -1.72. The van der Waals surface area contributed by atoms with Gasteiger partial charge in [0.05, 0.1) is 0 Å². The van der Waals surface area contributed by atoms with E-state index in [0.29, 0.717) is 0 Å². The summed E-state index contributed by atoms with van der Waals surface area (Å²) >= 11 is 0. The van der Waals surface area contributed by atoms with Crippen molar-refractivity contribution in [2.45, 2.75) is 0 Å². The SMILES string of the molecule is O=S(=O)([O-])[O-].[Mg+2].[Tb+3]. The largest absolute Gasteiger partial charge is 3.00 e. The molecule has 0 heterocycles. The van der Waals surface area contributed by atoms with E-state index < -0.39 is 10.4 Å². The predicted molar refractivity (Wildman–Crippen MR) is 16.2 cm³/mol. The van der Waals surface area contributed by atoms with Crippen LogP contribution in [0.5, 0.6) is 0 Å². The van der Waals surface area contributed by atoms with E-state index >= 15 is 0 Å². The molecule has 4 nitrogen and oxygen atoms in total. The monoisotopic (exact) mass is 279 g/mol. The van der Waals surface area contributed by atoms with Gasteiger partial charge in [0.15, 0.2) is 0 Å². The molecule has 0 atom stereocenters. The van der Waals surface area contributed by atoms with E-state index in [2.05, 4.69) is 0 Å². The Hall–Kier alpha value is 1.92. The first-order valence-corrected chi connectivity index (χ1v) is 2.00. The van der Waals surface area contributed by atoms with E-state index in [4.69, 9.17) is 17.5 Å². The van der Waals surface area contributed by atoms with Crippen LogP contribution in [-0.2, 0) is 10.4 Å². The van der Waals surface area contributed by atoms with E-state index in [1.807, 2.05) is 0 Å². The summed E-state index contributed by atoms with van der Waals surface area (Å²) < 4.78 is 34.1. The quantitative estimate of drug-likeness (QED) is 0.300. The Balaban J connectivity index is -0.0000000800. The van der Waals surface area contributed by atoms with Gasteiger partial charge in [-0.15, -0.1) is 0 Å². The maximum absolute atomic E-state index is 8.52. The molecule has 38 valence electrons. The maximum atomic E-state index is 8.52. The fourth-order valence-corrected chi connectivity index (χ4v) is 0. The number of hydrogen-bond acceptors (Lipinski definition) is 4. The van der Waals surface area contributed by atoms with Gasteiger partial charge in [-0.05, 0) is 0 Å². The Labute approximate surface area is 88.2 Å². The van der Waals surface area contributed by atoms with Crippen LogP contribution in [0, 0.1) is 38.6 Å². The second-order valence-electron chi connectivity index (χ2n) is 0.408. The van der Waals surface area contributed by atoms with Crippen molar-refractivity contribution in [2.75, 3.05) is 0 Å². The van der Waals surface area contributed by atoms with E-state index in [-0.39, 0.29) is 61.7 Å². The minimum atomic E-state index is -5.17. The molecule has 0 amide bonds. The van der Waals surface area contributed by atoms with Crippen LogP contribution in [0.15, 0.2) is 0 Å². The molecule has 0 spiro atoms. The average Bonchev–Trinajstić information content (AvgIpc) is 0.722. The third-order valence-corrected chi connectivity index (χ3v) is 0. The van der Waals surface area contributed by atoms with Gasteiger partial charge in [-0.25, -0.2) is 0 Å². The summed E-state index contributed by atoms with van der Waals surface area (Å²) in [6, 6.07) is 0. The smallest absolute Gasteiger partial charge is 0.759 e. The van der Waals surface area contributed by atoms with Gasteiger partial charge in [0.2, 0.25) is 0 Å². The molecular weight excluding hydrogens is 279 g/mol. The van der Waals surface area contributed by atoms with Crippen molar-refractivity contribution < 1.29 is 56.1 Å². The Bertz CT molecular complexity index is 94.9. The third kappa shape index (κ3) is 75.2. The molecule has 7 heavy (non-hydrogen) atoms. The van der Waals surface area contributed by atoms with Crippen molar-refractivity contribution in [3.8, 4) is 0 Å². The second kappa shape index (κ2) is 6.05. The maximum Gasteiger partial charge on any atom is 3.00 e. The van der Waals surface area contributed by atoms with Gasteiger partial charge in [-0.1, -0.05) is 0 Å². The normalized spacial score (nSPS) is 8.29. The molecule has 0 aromatic carbocycles. The summed E-state index contributed by atoms with van der Waals surface area (Å²) in [5.41, 5.74) is 0. The molecule has 0 fully saturated rings. The summed E-state index contributed by atoms with van der Waals surface area (Å²) in [6.07, 6.45) is 0. The number of rotatable bonds is 0. The molecule has 0 N–H and O–H groups in total. The van der Waals surface area contributed by atoms with Crippen molar-refractivity contribution in [1.82, 2.24) is 0 Å². The van der Waals surface area contributed by atoms with E-state index in [1.165, 1.54) is 0 Å². The van der Waals surface area contributed by atoms with Crippen LogP contribution in [0.3, 0.4) is 0 Å². The van der Waals surface area contributed by atoms with Crippen molar-refractivity contribution in [2.24, 2.45) is 0 Å². The zero-order valence-electron chi connectivity index (χ0n) is 3.08. The summed E-state index contributed by atoms with van der Waals surface area (Å²) in [4.78, 5) is 0. The molecular formula is MgO4STb+3. The first kappa shape index (κ1) is 16.0. The second-order valence-corrected chi connectivity index (χ2v) is 1.22. The third-order valence-electron chi connectivity index (χ3n) is 0. The fourth-order valence-electron chi connectivity index (χ4n) is 0. The number of hydrogen-bond donors (Lipinski definition) is 0. The molecule has 0 aromatic heterocycles. The molecule has 0 saturated heterocycles. The first-order chi connectivity index (χ1) is 2.00. The van der Waals surface area contributed by atoms with Gasteiger partial charge >= 0.3 is 61.7 Å². The molecule has 0 aliphatic heterocycles. The minimum absolute atomic E-state index is 0. The van der Waals surface area contributed by atoms with Gasteiger partial charge in [0, 0.05) is 10.4 Å². The molecule has 0 aliphatic carbocycles. The zero-order valence-corrected chi connectivity index (χ0v) is 7.45. The summed E-state index contributed by atoms with van der Waals surface area (Å²) in [5, 5.41) is 0. The molecule has 7 heteroatoms. The standard InChI is InChI=1S/Mg.H2O4S.Tb/c;1-5(2,3)4;/h;(H2,1,2,3,4);/q+2;;+3/p-2. The molecule has 0 saturated carbocycles. The molecule has 0 bridgehead atoms. The van der Waals surface area contributed by atoms with Gasteiger partial charge < -0.3 is 9.11 Å². The molecule has 0 aromatic rings. The van der Waals surface area contributed by atoms with E-state index in [1.54, 1.807) is 0 Å². The molecule has 0 rings (SSSR count). The fraction of sp³-hybridized carbons (Fsp3) is 0. The Morgan fingerprint density at radius 1 is 1.14 bits per heavy atom. The van der Waals surface area contributed by atoms with Crippen molar-refractivity contribution in [3.05, 3.63) is 0 Å². The van der Waals surface area contributed by atoms with Gasteiger partial charge in [-0.2, -0.15) is 0 Å². The Morgan fingerprint density at radius 3 is 1.14 bits per heavy atom. The molecule has 0 unspecified atom stereocenters. The molecule has 0 aliphatic rings. The summed E-state index contributed by atoms with van der Waals surface area (Å²) in [5.74, 6) is 0. The molecule has 0 radical (unpaired) electrons. The van der Waals surface area contributed by atoms with Crippen molar-refractivity contribution >= 4 is 33.5 Å². The Morgan fingerprint density at radius 2 is 1.14 bits per heavy atom. The van der Waals surface area contributed by atoms with Crippen LogP contribution < -0.4 is 0 Å². The Kier molecular flexibility index (Phi) is 13.8.